The molecule has 108 valence electrons. The number of benzene rings is 2. The maximum Gasteiger partial charge on any atom is 0.265 e. The Labute approximate surface area is 123 Å². The predicted molar refractivity (Wildman–Crippen MR) is 80.8 cm³/mol. The summed E-state index contributed by atoms with van der Waals surface area (Å²) < 4.78 is 5.77. The third-order valence-electron chi connectivity index (χ3n) is 3.69. The molecule has 21 heavy (non-hydrogen) atoms. The molecule has 0 aromatic heterocycles. The Morgan fingerprint density at radius 1 is 1.19 bits per heavy atom. The maximum absolute atomic E-state index is 12.2. The summed E-state index contributed by atoms with van der Waals surface area (Å²) in [5, 5.41) is 12.2. The molecule has 0 bridgehead atoms. The summed E-state index contributed by atoms with van der Waals surface area (Å²) in [7, 11) is 0. The number of carbonyl (C=O) groups is 1. The predicted octanol–water partition coefficient (Wildman–Crippen LogP) is 2.95. The molecule has 0 aliphatic carbocycles. The highest BCUT2D eigenvalue weighted by Crippen LogP contribution is 2.33. The zero-order chi connectivity index (χ0) is 15.0. The van der Waals surface area contributed by atoms with Gasteiger partial charge in [0.1, 0.15) is 11.5 Å². The Kier molecular flexibility index (Phi) is 3.29. The van der Waals surface area contributed by atoms with Crippen LogP contribution in [0.5, 0.6) is 11.5 Å². The Morgan fingerprint density at radius 2 is 2.00 bits per heavy atom. The van der Waals surface area contributed by atoms with Gasteiger partial charge in [0.15, 0.2) is 6.10 Å². The van der Waals surface area contributed by atoms with Crippen molar-refractivity contribution in [3.8, 4) is 11.5 Å². The van der Waals surface area contributed by atoms with E-state index in [2.05, 4.69) is 23.5 Å². The number of anilines is 1. The molecule has 3 rings (SSSR count). The summed E-state index contributed by atoms with van der Waals surface area (Å²) in [6.45, 7) is 4.06. The number of ether oxygens (including phenoxy) is 1. The molecular weight excluding hydrogens is 266 g/mol. The van der Waals surface area contributed by atoms with Crippen LogP contribution in [0.2, 0.25) is 0 Å². The fourth-order valence-corrected chi connectivity index (χ4v) is 2.49. The van der Waals surface area contributed by atoms with Crippen molar-refractivity contribution in [2.75, 3.05) is 5.32 Å². The standard InChI is InChI=1S/C17H17NO3/c1-10-3-4-11(2)12(7-10)8-16-17(20)18-14-9-13(19)5-6-15(14)21-16/h3-7,9,16,19H,8H2,1-2H3,(H,18,20). The number of phenols is 1. The van der Waals surface area contributed by atoms with Crippen LogP contribution in [-0.4, -0.2) is 17.1 Å². The van der Waals surface area contributed by atoms with Gasteiger partial charge in [-0.25, -0.2) is 0 Å². The zero-order valence-corrected chi connectivity index (χ0v) is 12.0. The topological polar surface area (TPSA) is 58.6 Å². The van der Waals surface area contributed by atoms with Crippen LogP contribution in [0, 0.1) is 13.8 Å². The van der Waals surface area contributed by atoms with Gasteiger partial charge in [-0.3, -0.25) is 4.79 Å². The Morgan fingerprint density at radius 3 is 2.81 bits per heavy atom. The molecular formula is C17H17NO3. The number of aromatic hydroxyl groups is 1. The van der Waals surface area contributed by atoms with E-state index in [9.17, 15) is 9.90 Å². The molecule has 1 aliphatic rings. The lowest BCUT2D eigenvalue weighted by Crippen LogP contribution is -2.38. The van der Waals surface area contributed by atoms with Crippen molar-refractivity contribution in [3.63, 3.8) is 0 Å². The molecule has 0 fully saturated rings. The van der Waals surface area contributed by atoms with E-state index in [4.69, 9.17) is 4.74 Å². The molecule has 1 unspecified atom stereocenters. The van der Waals surface area contributed by atoms with E-state index in [1.165, 1.54) is 6.07 Å². The van der Waals surface area contributed by atoms with Gasteiger partial charge in [0, 0.05) is 12.5 Å². The van der Waals surface area contributed by atoms with Crippen molar-refractivity contribution in [3.05, 3.63) is 53.1 Å². The molecule has 1 aliphatic heterocycles. The number of carbonyl (C=O) groups excluding carboxylic acids is 1. The average Bonchev–Trinajstić information content (AvgIpc) is 2.44. The van der Waals surface area contributed by atoms with E-state index in [0.29, 0.717) is 17.9 Å². The van der Waals surface area contributed by atoms with Gasteiger partial charge in [-0.05, 0) is 37.1 Å². The molecule has 0 radical (unpaired) electrons. The first-order valence-electron chi connectivity index (χ1n) is 6.89. The van der Waals surface area contributed by atoms with Crippen molar-refractivity contribution in [1.82, 2.24) is 0 Å². The highest BCUT2D eigenvalue weighted by atomic mass is 16.5. The number of nitrogens with one attached hydrogen (secondary N) is 1. The largest absolute Gasteiger partial charge is 0.508 e. The Hall–Kier alpha value is -2.49. The van der Waals surface area contributed by atoms with Crippen LogP contribution in [0.15, 0.2) is 36.4 Å². The first-order valence-corrected chi connectivity index (χ1v) is 6.89. The van der Waals surface area contributed by atoms with E-state index in [1.54, 1.807) is 12.1 Å². The molecule has 2 N–H and O–H groups in total. The molecule has 1 heterocycles. The van der Waals surface area contributed by atoms with E-state index >= 15 is 0 Å². The van der Waals surface area contributed by atoms with E-state index in [0.717, 1.165) is 16.7 Å². The van der Waals surface area contributed by atoms with Crippen LogP contribution in [0.3, 0.4) is 0 Å². The quantitative estimate of drug-likeness (QED) is 0.891. The van der Waals surface area contributed by atoms with Gasteiger partial charge in [-0.1, -0.05) is 23.8 Å². The first-order chi connectivity index (χ1) is 10.0. The summed E-state index contributed by atoms with van der Waals surface area (Å²) in [5.74, 6) is 0.502. The molecule has 1 amide bonds. The number of hydrogen-bond acceptors (Lipinski definition) is 3. The fraction of sp³-hybridized carbons (Fsp3) is 0.235. The van der Waals surface area contributed by atoms with Crippen molar-refractivity contribution in [1.29, 1.82) is 0 Å². The van der Waals surface area contributed by atoms with Crippen LogP contribution in [-0.2, 0) is 11.2 Å². The Balaban J connectivity index is 1.85. The molecule has 0 saturated carbocycles. The number of amides is 1. The van der Waals surface area contributed by atoms with Crippen LogP contribution >= 0.6 is 0 Å². The molecule has 4 heteroatoms. The van der Waals surface area contributed by atoms with Crippen molar-refractivity contribution >= 4 is 11.6 Å². The number of phenolic OH excluding ortho intramolecular Hbond substituents is 1. The first kappa shape index (κ1) is 13.5. The molecule has 2 aromatic carbocycles. The molecule has 4 nitrogen and oxygen atoms in total. The van der Waals surface area contributed by atoms with Gasteiger partial charge in [0.25, 0.3) is 5.91 Å². The molecule has 1 atom stereocenters. The highest BCUT2D eigenvalue weighted by Gasteiger charge is 2.28. The van der Waals surface area contributed by atoms with E-state index in [-0.39, 0.29) is 11.7 Å². The summed E-state index contributed by atoms with van der Waals surface area (Å²) >= 11 is 0. The number of aryl methyl sites for hydroxylation is 2. The lowest BCUT2D eigenvalue weighted by molar-refractivity contribution is -0.123. The highest BCUT2D eigenvalue weighted by molar-refractivity contribution is 5.98. The minimum absolute atomic E-state index is 0.102. The van der Waals surface area contributed by atoms with Crippen molar-refractivity contribution in [2.24, 2.45) is 0 Å². The van der Waals surface area contributed by atoms with Crippen LogP contribution in [0.25, 0.3) is 0 Å². The van der Waals surface area contributed by atoms with Gasteiger partial charge in [0.05, 0.1) is 5.69 Å². The van der Waals surface area contributed by atoms with Gasteiger partial charge in [-0.15, -0.1) is 0 Å². The lowest BCUT2D eigenvalue weighted by Gasteiger charge is -2.26. The SMILES string of the molecule is Cc1ccc(C)c(CC2Oc3ccc(O)cc3NC2=O)c1. The second kappa shape index (κ2) is 5.13. The van der Waals surface area contributed by atoms with Crippen LogP contribution in [0.4, 0.5) is 5.69 Å². The molecule has 0 saturated heterocycles. The normalized spacial score (nSPS) is 16.9. The van der Waals surface area contributed by atoms with E-state index in [1.807, 2.05) is 13.8 Å². The summed E-state index contributed by atoms with van der Waals surface area (Å²) in [6.07, 6.45) is -0.0258. The second-order valence-electron chi connectivity index (χ2n) is 5.41. The van der Waals surface area contributed by atoms with Gasteiger partial charge >= 0.3 is 0 Å². The van der Waals surface area contributed by atoms with Gasteiger partial charge in [0.2, 0.25) is 0 Å². The zero-order valence-electron chi connectivity index (χ0n) is 12.0. The van der Waals surface area contributed by atoms with Crippen molar-refractivity contribution < 1.29 is 14.6 Å². The number of fused-ring (bicyclic) bond motifs is 1. The summed E-state index contributed by atoms with van der Waals surface area (Å²) in [5.41, 5.74) is 3.93. The maximum atomic E-state index is 12.2. The number of rotatable bonds is 2. The monoisotopic (exact) mass is 283 g/mol. The fourth-order valence-electron chi connectivity index (χ4n) is 2.49. The summed E-state index contributed by atoms with van der Waals surface area (Å²) in [4.78, 5) is 12.2. The van der Waals surface area contributed by atoms with Crippen LogP contribution < -0.4 is 10.1 Å². The van der Waals surface area contributed by atoms with Gasteiger partial charge < -0.3 is 15.2 Å². The van der Waals surface area contributed by atoms with Gasteiger partial charge in [-0.2, -0.15) is 0 Å². The summed E-state index contributed by atoms with van der Waals surface area (Å²) in [6, 6.07) is 10.9. The minimum atomic E-state index is -0.553. The minimum Gasteiger partial charge on any atom is -0.508 e. The smallest absolute Gasteiger partial charge is 0.265 e. The van der Waals surface area contributed by atoms with Crippen molar-refractivity contribution in [2.45, 2.75) is 26.4 Å². The molecule has 0 spiro atoms. The average molecular weight is 283 g/mol. The second-order valence-corrected chi connectivity index (χ2v) is 5.41. The third-order valence-corrected chi connectivity index (χ3v) is 3.69. The third kappa shape index (κ3) is 2.70. The van der Waals surface area contributed by atoms with Crippen LogP contribution in [0.1, 0.15) is 16.7 Å². The Bertz CT molecular complexity index is 709. The lowest BCUT2D eigenvalue weighted by atomic mass is 9.99. The van der Waals surface area contributed by atoms with E-state index < -0.39 is 6.10 Å². The molecule has 2 aromatic rings. The number of hydrogen-bond donors (Lipinski definition) is 2.